The van der Waals surface area contributed by atoms with Crippen molar-refractivity contribution in [3.63, 3.8) is 0 Å². The van der Waals surface area contributed by atoms with Crippen LogP contribution in [0.3, 0.4) is 0 Å². The Morgan fingerprint density at radius 3 is 2.54 bits per heavy atom. The van der Waals surface area contributed by atoms with Gasteiger partial charge in [-0.3, -0.25) is 4.90 Å². The Balaban J connectivity index is 1.91. The summed E-state index contributed by atoms with van der Waals surface area (Å²) >= 11 is 0. The normalized spacial score (nSPS) is 15.9. The molecule has 1 aromatic heterocycles. The Labute approximate surface area is 142 Å². The zero-order chi connectivity index (χ0) is 16.5. The molecule has 2 aromatic carbocycles. The Kier molecular flexibility index (Phi) is 3.81. The molecule has 0 fully saturated rings. The molecule has 0 saturated heterocycles. The average molecular weight is 318 g/mol. The Hall–Kier alpha value is -2.62. The van der Waals surface area contributed by atoms with E-state index in [0.29, 0.717) is 0 Å². The summed E-state index contributed by atoms with van der Waals surface area (Å²) in [6.07, 6.45) is 3.46. The van der Waals surface area contributed by atoms with Gasteiger partial charge in [-0.1, -0.05) is 56.2 Å². The highest BCUT2D eigenvalue weighted by molar-refractivity contribution is 5.77. The third-order valence-electron chi connectivity index (χ3n) is 4.60. The molecule has 1 aliphatic rings. The molecule has 122 valence electrons. The summed E-state index contributed by atoms with van der Waals surface area (Å²) < 4.78 is 2.11. The molecule has 0 amide bonds. The van der Waals surface area contributed by atoms with Crippen LogP contribution in [-0.2, 0) is 0 Å². The highest BCUT2D eigenvalue weighted by Gasteiger charge is 2.32. The minimum atomic E-state index is 0.261. The SMILES string of the molecule is CCCCC1c2ccccc2N(c2ccccc2)c2nc(C)nn21. The number of fused-ring (bicyclic) bond motifs is 2. The number of unbranched alkanes of at least 4 members (excludes halogenated alkanes) is 1. The van der Waals surface area contributed by atoms with Crippen molar-refractivity contribution < 1.29 is 0 Å². The van der Waals surface area contributed by atoms with Gasteiger partial charge in [0.15, 0.2) is 0 Å². The zero-order valence-corrected chi connectivity index (χ0v) is 14.2. The molecule has 0 aliphatic carbocycles. The van der Waals surface area contributed by atoms with E-state index >= 15 is 0 Å². The van der Waals surface area contributed by atoms with Crippen LogP contribution in [0.5, 0.6) is 0 Å². The Bertz CT molecular complexity index is 838. The number of nitrogens with zero attached hydrogens (tertiary/aromatic N) is 4. The monoisotopic (exact) mass is 318 g/mol. The average Bonchev–Trinajstić information content (AvgIpc) is 3.00. The number of para-hydroxylation sites is 2. The molecular formula is C20H22N4. The van der Waals surface area contributed by atoms with Gasteiger partial charge in [-0.2, -0.15) is 10.1 Å². The summed E-state index contributed by atoms with van der Waals surface area (Å²) in [5.41, 5.74) is 3.66. The smallest absolute Gasteiger partial charge is 0.233 e. The van der Waals surface area contributed by atoms with Gasteiger partial charge in [-0.25, -0.2) is 4.68 Å². The molecule has 0 spiro atoms. The number of anilines is 3. The number of hydrogen-bond acceptors (Lipinski definition) is 3. The first-order valence-electron chi connectivity index (χ1n) is 8.67. The number of aryl methyl sites for hydroxylation is 1. The van der Waals surface area contributed by atoms with Crippen molar-refractivity contribution in [3.8, 4) is 0 Å². The number of rotatable bonds is 4. The van der Waals surface area contributed by atoms with Gasteiger partial charge >= 0.3 is 0 Å². The molecular weight excluding hydrogens is 296 g/mol. The molecule has 0 saturated carbocycles. The molecule has 4 heteroatoms. The fraction of sp³-hybridized carbons (Fsp3) is 0.300. The van der Waals surface area contributed by atoms with Crippen LogP contribution in [0, 0.1) is 6.92 Å². The molecule has 1 atom stereocenters. The predicted octanol–water partition coefficient (Wildman–Crippen LogP) is 5.15. The molecule has 0 radical (unpaired) electrons. The van der Waals surface area contributed by atoms with E-state index < -0.39 is 0 Å². The van der Waals surface area contributed by atoms with Crippen molar-refractivity contribution in [1.82, 2.24) is 14.8 Å². The van der Waals surface area contributed by atoms with E-state index in [-0.39, 0.29) is 6.04 Å². The van der Waals surface area contributed by atoms with E-state index in [4.69, 9.17) is 10.1 Å². The molecule has 1 unspecified atom stereocenters. The summed E-state index contributed by atoms with van der Waals surface area (Å²) in [6.45, 7) is 4.20. The fourth-order valence-corrected chi connectivity index (χ4v) is 3.50. The standard InChI is InChI=1S/C20H22N4/c1-3-4-13-19-17-12-8-9-14-18(17)23(16-10-6-5-7-11-16)20-21-15(2)22-24(19)20/h5-12,14,19H,3-4,13H2,1-2H3. The highest BCUT2D eigenvalue weighted by atomic mass is 15.5. The van der Waals surface area contributed by atoms with Gasteiger partial charge in [0.05, 0.1) is 11.7 Å². The Morgan fingerprint density at radius 1 is 1.00 bits per heavy atom. The van der Waals surface area contributed by atoms with E-state index in [2.05, 4.69) is 65.0 Å². The summed E-state index contributed by atoms with van der Waals surface area (Å²) in [5, 5.41) is 4.72. The predicted molar refractivity (Wildman–Crippen MR) is 97.1 cm³/mol. The summed E-state index contributed by atoms with van der Waals surface area (Å²) in [6, 6.07) is 19.3. The van der Waals surface area contributed by atoms with Crippen LogP contribution in [0.1, 0.15) is 43.6 Å². The van der Waals surface area contributed by atoms with Crippen molar-refractivity contribution in [2.45, 2.75) is 39.2 Å². The minimum absolute atomic E-state index is 0.261. The molecule has 4 rings (SSSR count). The first kappa shape index (κ1) is 14.9. The van der Waals surface area contributed by atoms with Gasteiger partial charge in [-0.15, -0.1) is 0 Å². The first-order valence-corrected chi connectivity index (χ1v) is 8.67. The van der Waals surface area contributed by atoms with Crippen LogP contribution in [-0.4, -0.2) is 14.8 Å². The van der Waals surface area contributed by atoms with Gasteiger partial charge in [0.25, 0.3) is 0 Å². The fourth-order valence-electron chi connectivity index (χ4n) is 3.50. The lowest BCUT2D eigenvalue weighted by Crippen LogP contribution is -2.27. The van der Waals surface area contributed by atoms with Crippen molar-refractivity contribution in [2.24, 2.45) is 0 Å². The second-order valence-electron chi connectivity index (χ2n) is 6.29. The molecule has 3 aromatic rings. The van der Waals surface area contributed by atoms with Gasteiger partial charge in [0.1, 0.15) is 5.82 Å². The third kappa shape index (κ3) is 2.39. The van der Waals surface area contributed by atoms with Gasteiger partial charge in [-0.05, 0) is 31.5 Å². The van der Waals surface area contributed by atoms with Gasteiger partial charge in [0.2, 0.25) is 5.95 Å². The molecule has 0 N–H and O–H groups in total. The summed E-state index contributed by atoms with van der Waals surface area (Å²) in [5.74, 6) is 1.73. The lowest BCUT2D eigenvalue weighted by atomic mass is 9.97. The molecule has 24 heavy (non-hydrogen) atoms. The number of benzene rings is 2. The molecule has 0 bridgehead atoms. The van der Waals surface area contributed by atoms with Crippen LogP contribution in [0.15, 0.2) is 54.6 Å². The molecule has 1 aliphatic heterocycles. The van der Waals surface area contributed by atoms with Crippen LogP contribution in [0.2, 0.25) is 0 Å². The lowest BCUT2D eigenvalue weighted by molar-refractivity contribution is 0.464. The molecule has 4 nitrogen and oxygen atoms in total. The van der Waals surface area contributed by atoms with Crippen LogP contribution < -0.4 is 4.90 Å². The molecule has 2 heterocycles. The quantitative estimate of drug-likeness (QED) is 0.667. The Morgan fingerprint density at radius 2 is 1.75 bits per heavy atom. The summed E-state index contributed by atoms with van der Waals surface area (Å²) in [7, 11) is 0. The van der Waals surface area contributed by atoms with E-state index in [1.165, 1.54) is 24.1 Å². The van der Waals surface area contributed by atoms with Crippen molar-refractivity contribution in [1.29, 1.82) is 0 Å². The maximum atomic E-state index is 4.74. The van der Waals surface area contributed by atoms with Crippen LogP contribution >= 0.6 is 0 Å². The minimum Gasteiger partial charge on any atom is -0.279 e. The second-order valence-corrected chi connectivity index (χ2v) is 6.29. The van der Waals surface area contributed by atoms with Crippen molar-refractivity contribution in [2.75, 3.05) is 4.90 Å². The lowest BCUT2D eigenvalue weighted by Gasteiger charge is -2.35. The highest BCUT2D eigenvalue weighted by Crippen LogP contribution is 2.45. The third-order valence-corrected chi connectivity index (χ3v) is 4.60. The van der Waals surface area contributed by atoms with E-state index in [1.807, 2.05) is 13.0 Å². The first-order chi connectivity index (χ1) is 11.8. The maximum absolute atomic E-state index is 4.74. The number of aromatic nitrogens is 3. The van der Waals surface area contributed by atoms with E-state index in [0.717, 1.165) is 23.9 Å². The summed E-state index contributed by atoms with van der Waals surface area (Å²) in [4.78, 5) is 6.96. The number of hydrogen-bond donors (Lipinski definition) is 0. The zero-order valence-electron chi connectivity index (χ0n) is 14.2. The van der Waals surface area contributed by atoms with E-state index in [1.54, 1.807) is 0 Å². The maximum Gasteiger partial charge on any atom is 0.233 e. The van der Waals surface area contributed by atoms with Crippen molar-refractivity contribution >= 4 is 17.3 Å². The van der Waals surface area contributed by atoms with Crippen LogP contribution in [0.25, 0.3) is 0 Å². The van der Waals surface area contributed by atoms with E-state index in [9.17, 15) is 0 Å². The topological polar surface area (TPSA) is 34.0 Å². The van der Waals surface area contributed by atoms with Gasteiger partial charge < -0.3 is 0 Å². The van der Waals surface area contributed by atoms with Gasteiger partial charge in [0, 0.05) is 11.3 Å². The van der Waals surface area contributed by atoms with Crippen molar-refractivity contribution in [3.05, 3.63) is 66.0 Å². The van der Waals surface area contributed by atoms with Crippen LogP contribution in [0.4, 0.5) is 17.3 Å². The largest absolute Gasteiger partial charge is 0.279 e. The second kappa shape index (κ2) is 6.11.